The first-order valence-electron chi connectivity index (χ1n) is 14.7. The fourth-order valence-electron chi connectivity index (χ4n) is 7.24. The second-order valence-corrected chi connectivity index (χ2v) is 12.4. The molecule has 6 aliphatic rings. The fourth-order valence-corrected chi connectivity index (χ4v) is 7.24. The molecule has 2 amide bonds. The minimum absolute atomic E-state index is 0.0632. The molecule has 2 aliphatic carbocycles. The molecule has 3 unspecified atom stereocenters. The van der Waals surface area contributed by atoms with Crippen molar-refractivity contribution < 1.29 is 19.1 Å². The van der Waals surface area contributed by atoms with E-state index in [2.05, 4.69) is 26.3 Å². The van der Waals surface area contributed by atoms with Crippen LogP contribution in [0.5, 0.6) is 5.88 Å². The SMILES string of the molecule is O=C(c1cnc(OCC2CCOCC2)c(C2CC2)c1)N1C[C@@H]2CN(C(=O)C3CCC4NNNC4C3)C[C@H]2C1. The average Bonchev–Trinajstić information content (AvgIpc) is 3.36. The van der Waals surface area contributed by atoms with Gasteiger partial charge in [0.1, 0.15) is 0 Å². The van der Waals surface area contributed by atoms with Gasteiger partial charge in [0.25, 0.3) is 5.91 Å². The highest BCUT2D eigenvalue weighted by Crippen LogP contribution is 2.44. The zero-order chi connectivity index (χ0) is 25.6. The van der Waals surface area contributed by atoms with E-state index in [1.54, 1.807) is 6.20 Å². The molecule has 10 heteroatoms. The van der Waals surface area contributed by atoms with Gasteiger partial charge in [-0.2, -0.15) is 5.53 Å². The summed E-state index contributed by atoms with van der Waals surface area (Å²) in [4.78, 5) is 35.5. The van der Waals surface area contributed by atoms with Crippen LogP contribution in [0, 0.1) is 23.7 Å². The van der Waals surface area contributed by atoms with Crippen molar-refractivity contribution in [3.63, 3.8) is 0 Å². The van der Waals surface area contributed by atoms with E-state index in [1.165, 1.54) is 0 Å². The Labute approximate surface area is 224 Å². The van der Waals surface area contributed by atoms with Crippen LogP contribution in [-0.2, 0) is 9.53 Å². The number of carbonyl (C=O) groups is 2. The molecule has 5 heterocycles. The molecule has 206 valence electrons. The highest BCUT2D eigenvalue weighted by Gasteiger charge is 2.46. The van der Waals surface area contributed by atoms with E-state index in [-0.39, 0.29) is 11.8 Å². The first kappa shape index (κ1) is 24.7. The van der Waals surface area contributed by atoms with E-state index in [9.17, 15) is 9.59 Å². The Morgan fingerprint density at radius 1 is 0.947 bits per heavy atom. The van der Waals surface area contributed by atoms with Gasteiger partial charge in [-0.15, -0.1) is 0 Å². The largest absolute Gasteiger partial charge is 0.477 e. The normalized spacial score (nSPS) is 33.3. The van der Waals surface area contributed by atoms with Gasteiger partial charge in [-0.3, -0.25) is 9.59 Å². The van der Waals surface area contributed by atoms with E-state index in [0.29, 0.717) is 59.7 Å². The number of hydrogen-bond donors (Lipinski definition) is 3. The molecule has 0 spiro atoms. The van der Waals surface area contributed by atoms with Crippen LogP contribution >= 0.6 is 0 Å². The molecule has 3 N–H and O–H groups in total. The number of pyridine rings is 1. The summed E-state index contributed by atoms with van der Waals surface area (Å²) in [6.07, 6.45) is 8.87. The van der Waals surface area contributed by atoms with Gasteiger partial charge >= 0.3 is 0 Å². The van der Waals surface area contributed by atoms with Crippen LogP contribution in [0.4, 0.5) is 0 Å². The predicted octanol–water partition coefficient (Wildman–Crippen LogP) is 1.44. The van der Waals surface area contributed by atoms with Gasteiger partial charge in [-0.05, 0) is 62.8 Å². The summed E-state index contributed by atoms with van der Waals surface area (Å²) >= 11 is 0. The Balaban J connectivity index is 0.951. The summed E-state index contributed by atoms with van der Waals surface area (Å²) in [7, 11) is 0. The molecule has 38 heavy (non-hydrogen) atoms. The first-order valence-corrected chi connectivity index (χ1v) is 14.7. The number of ether oxygens (including phenoxy) is 2. The van der Waals surface area contributed by atoms with Gasteiger partial charge < -0.3 is 19.3 Å². The van der Waals surface area contributed by atoms with Crippen LogP contribution in [0.2, 0.25) is 0 Å². The van der Waals surface area contributed by atoms with E-state index in [4.69, 9.17) is 9.47 Å². The zero-order valence-corrected chi connectivity index (χ0v) is 22.1. The molecule has 2 saturated carbocycles. The third-order valence-corrected chi connectivity index (χ3v) is 9.74. The van der Waals surface area contributed by atoms with Gasteiger partial charge in [-0.25, -0.2) is 15.8 Å². The maximum atomic E-state index is 13.5. The highest BCUT2D eigenvalue weighted by atomic mass is 16.5. The van der Waals surface area contributed by atoms with Gasteiger partial charge in [-0.1, -0.05) is 0 Å². The van der Waals surface area contributed by atoms with Crippen LogP contribution in [0.25, 0.3) is 0 Å². The van der Waals surface area contributed by atoms with Crippen LogP contribution in [0.1, 0.15) is 66.8 Å². The molecule has 1 aromatic heterocycles. The lowest BCUT2D eigenvalue weighted by Gasteiger charge is -2.32. The number of hydrogen-bond acceptors (Lipinski definition) is 8. The fraction of sp³-hybridized carbons (Fsp3) is 0.750. The third kappa shape index (κ3) is 4.92. The lowest BCUT2D eigenvalue weighted by atomic mass is 9.82. The number of nitrogens with zero attached hydrogens (tertiary/aromatic N) is 3. The molecule has 0 radical (unpaired) electrons. The van der Waals surface area contributed by atoms with Crippen molar-refractivity contribution >= 4 is 11.8 Å². The van der Waals surface area contributed by atoms with Crippen molar-refractivity contribution in [2.75, 3.05) is 46.0 Å². The van der Waals surface area contributed by atoms with Crippen molar-refractivity contribution in [2.24, 2.45) is 23.7 Å². The second kappa shape index (κ2) is 10.4. The number of amides is 2. The van der Waals surface area contributed by atoms with Gasteiger partial charge in [0, 0.05) is 81.0 Å². The molecular weight excluding hydrogens is 484 g/mol. The van der Waals surface area contributed by atoms with E-state index >= 15 is 0 Å². The zero-order valence-electron chi connectivity index (χ0n) is 22.1. The lowest BCUT2D eigenvalue weighted by Crippen LogP contribution is -2.45. The van der Waals surface area contributed by atoms with Crippen LogP contribution in [0.3, 0.4) is 0 Å². The molecule has 0 aromatic carbocycles. The number of aromatic nitrogens is 1. The first-order chi connectivity index (χ1) is 18.6. The number of fused-ring (bicyclic) bond motifs is 2. The van der Waals surface area contributed by atoms with E-state index in [1.807, 2.05) is 11.0 Å². The standard InChI is InChI=1S/C28H40N6O4/c35-27(19-3-4-24-25(10-19)31-32-30-24)33-12-21-14-34(15-22(21)13-33)28(36)20-9-23(18-1-2-18)26(29-11-20)38-16-17-5-7-37-8-6-17/h9,11,17-19,21-22,24-25,30-32H,1-8,10,12-16H2/t19?,21-,22-,24?,25?/m0/s1. The maximum Gasteiger partial charge on any atom is 0.255 e. The number of rotatable bonds is 6. The van der Waals surface area contributed by atoms with E-state index in [0.717, 1.165) is 89.9 Å². The molecule has 4 saturated heterocycles. The molecule has 6 fully saturated rings. The summed E-state index contributed by atoms with van der Waals surface area (Å²) < 4.78 is 11.6. The Morgan fingerprint density at radius 3 is 2.45 bits per heavy atom. The minimum Gasteiger partial charge on any atom is -0.477 e. The topological polar surface area (TPSA) is 108 Å². The number of hydrazine groups is 2. The lowest BCUT2D eigenvalue weighted by molar-refractivity contribution is -0.136. The average molecular weight is 525 g/mol. The summed E-state index contributed by atoms with van der Waals surface area (Å²) in [6.45, 7) is 5.27. The third-order valence-electron chi connectivity index (χ3n) is 9.74. The number of nitrogens with one attached hydrogen (secondary N) is 3. The molecule has 0 bridgehead atoms. The quantitative estimate of drug-likeness (QED) is 0.513. The molecule has 10 nitrogen and oxygen atoms in total. The monoisotopic (exact) mass is 524 g/mol. The Bertz CT molecular complexity index is 1050. The van der Waals surface area contributed by atoms with Crippen LogP contribution < -0.4 is 21.1 Å². The van der Waals surface area contributed by atoms with Crippen molar-refractivity contribution in [3.8, 4) is 5.88 Å². The minimum atomic E-state index is 0.0632. The summed E-state index contributed by atoms with van der Waals surface area (Å²) in [5.74, 6) is 2.87. The van der Waals surface area contributed by atoms with Crippen molar-refractivity contribution in [1.29, 1.82) is 0 Å². The van der Waals surface area contributed by atoms with Crippen molar-refractivity contribution in [2.45, 2.75) is 62.9 Å². The molecule has 5 atom stereocenters. The van der Waals surface area contributed by atoms with Crippen molar-refractivity contribution in [1.82, 2.24) is 31.2 Å². The molecule has 4 aliphatic heterocycles. The van der Waals surface area contributed by atoms with Gasteiger partial charge in [0.15, 0.2) is 0 Å². The smallest absolute Gasteiger partial charge is 0.255 e. The van der Waals surface area contributed by atoms with E-state index < -0.39 is 0 Å². The number of likely N-dealkylation sites (tertiary alicyclic amines) is 2. The predicted molar refractivity (Wildman–Crippen MR) is 139 cm³/mol. The molecular formula is C28H40N6O4. The second-order valence-electron chi connectivity index (χ2n) is 12.4. The van der Waals surface area contributed by atoms with Gasteiger partial charge in [0.2, 0.25) is 11.8 Å². The van der Waals surface area contributed by atoms with Crippen LogP contribution in [0.15, 0.2) is 12.3 Å². The Morgan fingerprint density at radius 2 is 1.68 bits per heavy atom. The summed E-state index contributed by atoms with van der Waals surface area (Å²) in [5, 5.41) is 0. The Kier molecular flexibility index (Phi) is 6.75. The van der Waals surface area contributed by atoms with Crippen LogP contribution in [-0.4, -0.2) is 84.7 Å². The summed E-state index contributed by atoms with van der Waals surface area (Å²) in [5.41, 5.74) is 11.3. The summed E-state index contributed by atoms with van der Waals surface area (Å²) in [6, 6.07) is 2.77. The number of carbonyl (C=O) groups excluding carboxylic acids is 2. The molecule has 1 aromatic rings. The van der Waals surface area contributed by atoms with Gasteiger partial charge in [0.05, 0.1) is 12.2 Å². The Hall–Kier alpha value is -2.27. The highest BCUT2D eigenvalue weighted by molar-refractivity contribution is 5.94. The van der Waals surface area contributed by atoms with Crippen molar-refractivity contribution in [3.05, 3.63) is 23.4 Å². The molecule has 7 rings (SSSR count). The maximum absolute atomic E-state index is 13.5.